The molecule has 0 aromatic heterocycles. The molecule has 0 rings (SSSR count). The number of carbonyl (C=O) groups is 1. The van der Waals surface area contributed by atoms with Crippen LogP contribution in [0, 0.1) is 0 Å². The van der Waals surface area contributed by atoms with Gasteiger partial charge in [-0.2, -0.15) is 0 Å². The molecule has 9 heavy (non-hydrogen) atoms. The number of hydrogen-bond donors (Lipinski definition) is 1. The van der Waals surface area contributed by atoms with Crippen molar-refractivity contribution in [1.29, 1.82) is 0 Å². The van der Waals surface area contributed by atoms with Crippen molar-refractivity contribution < 1.29 is 14.6 Å². The van der Waals surface area contributed by atoms with Crippen molar-refractivity contribution in [2.45, 2.75) is 13.8 Å². The molecule has 3 nitrogen and oxygen atoms in total. The maximum absolute atomic E-state index is 10.4. The smallest absolute Gasteiger partial charge is 0.373 e. The van der Waals surface area contributed by atoms with Gasteiger partial charge in [-0.15, -0.1) is 0 Å². The molecule has 0 unspecified atom stereocenters. The minimum atomic E-state index is -0.685. The van der Waals surface area contributed by atoms with Crippen LogP contribution in [0.25, 0.3) is 0 Å². The third-order valence-corrected chi connectivity index (χ3v) is 0.852. The first-order chi connectivity index (χ1) is 4.09. The largest absolute Gasteiger partial charge is 0.502 e. The molecular formula is C6H10O3. The predicted octanol–water partition coefficient (Wildman–Crippen LogP) is 1.01. The van der Waals surface area contributed by atoms with Crippen LogP contribution in [0.2, 0.25) is 0 Å². The number of aliphatic hydroxyl groups is 1. The highest BCUT2D eigenvalue weighted by atomic mass is 16.5. The predicted molar refractivity (Wildman–Crippen MR) is 33.0 cm³/mol. The van der Waals surface area contributed by atoms with E-state index in [0.717, 1.165) is 0 Å². The first-order valence-electron chi connectivity index (χ1n) is 2.54. The van der Waals surface area contributed by atoms with Gasteiger partial charge < -0.3 is 9.84 Å². The van der Waals surface area contributed by atoms with Crippen LogP contribution in [0.5, 0.6) is 0 Å². The number of aliphatic hydroxyl groups excluding tert-OH is 1. The second-order valence-electron chi connectivity index (χ2n) is 1.84. The van der Waals surface area contributed by atoms with Crippen LogP contribution in [-0.2, 0) is 9.53 Å². The number of ether oxygens (including phenoxy) is 1. The lowest BCUT2D eigenvalue weighted by Gasteiger charge is -1.97. The molecule has 0 radical (unpaired) electrons. The first-order valence-corrected chi connectivity index (χ1v) is 2.54. The number of hydrogen-bond acceptors (Lipinski definition) is 3. The van der Waals surface area contributed by atoms with Gasteiger partial charge in [-0.3, -0.25) is 0 Å². The molecule has 0 amide bonds. The zero-order valence-corrected chi connectivity index (χ0v) is 5.76. The fraction of sp³-hybridized carbons (Fsp3) is 0.500. The Morgan fingerprint density at radius 3 is 2.00 bits per heavy atom. The van der Waals surface area contributed by atoms with Gasteiger partial charge in [0.05, 0.1) is 7.11 Å². The zero-order valence-electron chi connectivity index (χ0n) is 5.76. The van der Waals surface area contributed by atoms with E-state index in [0.29, 0.717) is 5.57 Å². The molecular weight excluding hydrogens is 120 g/mol. The van der Waals surface area contributed by atoms with E-state index in [4.69, 9.17) is 5.11 Å². The standard InChI is InChI=1S/C6H10O3/c1-4(2)5(7)6(8)9-3/h7H,1-3H3. The van der Waals surface area contributed by atoms with E-state index >= 15 is 0 Å². The molecule has 0 aliphatic heterocycles. The molecule has 0 aromatic rings. The third-order valence-electron chi connectivity index (χ3n) is 0.852. The Kier molecular flexibility index (Phi) is 2.78. The Hall–Kier alpha value is -0.990. The average molecular weight is 130 g/mol. The van der Waals surface area contributed by atoms with Crippen molar-refractivity contribution in [2.24, 2.45) is 0 Å². The summed E-state index contributed by atoms with van der Waals surface area (Å²) in [4.78, 5) is 10.4. The lowest BCUT2D eigenvalue weighted by molar-refractivity contribution is -0.139. The van der Waals surface area contributed by atoms with Gasteiger partial charge in [-0.05, 0) is 19.4 Å². The van der Waals surface area contributed by atoms with Crippen molar-refractivity contribution in [2.75, 3.05) is 7.11 Å². The van der Waals surface area contributed by atoms with E-state index in [1.807, 2.05) is 0 Å². The number of carbonyl (C=O) groups excluding carboxylic acids is 1. The molecule has 3 heteroatoms. The Bertz CT molecular complexity index is 142. The zero-order chi connectivity index (χ0) is 7.44. The van der Waals surface area contributed by atoms with Gasteiger partial charge >= 0.3 is 5.97 Å². The summed E-state index contributed by atoms with van der Waals surface area (Å²) in [6.07, 6.45) is 0. The number of methoxy groups -OCH3 is 1. The minimum absolute atomic E-state index is 0.308. The van der Waals surface area contributed by atoms with Crippen LogP contribution in [0.15, 0.2) is 11.3 Å². The van der Waals surface area contributed by atoms with Gasteiger partial charge in [0, 0.05) is 0 Å². The Morgan fingerprint density at radius 1 is 1.44 bits per heavy atom. The highest BCUT2D eigenvalue weighted by Gasteiger charge is 2.06. The summed E-state index contributed by atoms with van der Waals surface area (Å²) in [7, 11) is 1.22. The average Bonchev–Trinajstić information content (AvgIpc) is 1.84. The second kappa shape index (κ2) is 3.12. The quantitative estimate of drug-likeness (QED) is 0.327. The molecule has 0 aromatic carbocycles. The monoisotopic (exact) mass is 130 g/mol. The molecule has 0 saturated heterocycles. The molecule has 0 saturated carbocycles. The summed E-state index contributed by atoms with van der Waals surface area (Å²) in [5.41, 5.74) is 0.557. The van der Waals surface area contributed by atoms with E-state index in [1.54, 1.807) is 13.8 Å². The van der Waals surface area contributed by atoms with E-state index in [9.17, 15) is 4.79 Å². The van der Waals surface area contributed by atoms with Crippen LogP contribution in [0.1, 0.15) is 13.8 Å². The maximum Gasteiger partial charge on any atom is 0.373 e. The number of rotatable bonds is 1. The van der Waals surface area contributed by atoms with Crippen molar-refractivity contribution in [3.05, 3.63) is 11.3 Å². The van der Waals surface area contributed by atoms with Crippen LogP contribution in [-0.4, -0.2) is 18.2 Å². The van der Waals surface area contributed by atoms with Crippen molar-refractivity contribution in [3.8, 4) is 0 Å². The van der Waals surface area contributed by atoms with E-state index in [2.05, 4.69) is 4.74 Å². The van der Waals surface area contributed by atoms with Crippen molar-refractivity contribution in [3.63, 3.8) is 0 Å². The highest BCUT2D eigenvalue weighted by molar-refractivity contribution is 5.86. The molecule has 0 heterocycles. The molecule has 1 N–H and O–H groups in total. The minimum Gasteiger partial charge on any atom is -0.502 e. The van der Waals surface area contributed by atoms with Crippen LogP contribution in [0.4, 0.5) is 0 Å². The number of esters is 1. The summed E-state index contributed by atoms with van der Waals surface area (Å²) < 4.78 is 4.23. The van der Waals surface area contributed by atoms with Gasteiger partial charge in [0.2, 0.25) is 0 Å². The molecule has 0 bridgehead atoms. The highest BCUT2D eigenvalue weighted by Crippen LogP contribution is 1.99. The molecule has 0 spiro atoms. The topological polar surface area (TPSA) is 46.5 Å². The second-order valence-corrected chi connectivity index (χ2v) is 1.84. The first kappa shape index (κ1) is 8.01. The summed E-state index contributed by atoms with van der Waals surface area (Å²) in [6, 6.07) is 0. The van der Waals surface area contributed by atoms with Crippen LogP contribution < -0.4 is 0 Å². The van der Waals surface area contributed by atoms with E-state index in [1.165, 1.54) is 7.11 Å². The SMILES string of the molecule is COC(=O)C(O)=C(C)C. The molecule has 0 fully saturated rings. The van der Waals surface area contributed by atoms with Crippen molar-refractivity contribution >= 4 is 5.97 Å². The van der Waals surface area contributed by atoms with Gasteiger partial charge in [-0.1, -0.05) is 0 Å². The van der Waals surface area contributed by atoms with E-state index < -0.39 is 5.97 Å². The Morgan fingerprint density at radius 2 is 1.89 bits per heavy atom. The fourth-order valence-corrected chi connectivity index (χ4v) is 0.301. The lowest BCUT2D eigenvalue weighted by atomic mass is 10.3. The third kappa shape index (κ3) is 2.17. The maximum atomic E-state index is 10.4. The normalized spacial score (nSPS) is 8.33. The number of allylic oxidation sites excluding steroid dienone is 1. The molecule has 52 valence electrons. The summed E-state index contributed by atoms with van der Waals surface area (Å²) >= 11 is 0. The van der Waals surface area contributed by atoms with Crippen molar-refractivity contribution in [1.82, 2.24) is 0 Å². The molecule has 0 atom stereocenters. The van der Waals surface area contributed by atoms with Crippen LogP contribution >= 0.6 is 0 Å². The molecule has 0 aliphatic rings. The lowest BCUT2D eigenvalue weighted by Crippen LogP contribution is -2.04. The Balaban J connectivity index is 4.21. The van der Waals surface area contributed by atoms with Gasteiger partial charge in [0.1, 0.15) is 0 Å². The van der Waals surface area contributed by atoms with E-state index in [-0.39, 0.29) is 5.76 Å². The summed E-state index contributed by atoms with van der Waals surface area (Å²) in [6.45, 7) is 3.26. The van der Waals surface area contributed by atoms with Gasteiger partial charge in [-0.25, -0.2) is 4.79 Å². The molecule has 0 aliphatic carbocycles. The summed E-state index contributed by atoms with van der Waals surface area (Å²) in [5.74, 6) is -0.993. The Labute approximate surface area is 53.9 Å². The van der Waals surface area contributed by atoms with Gasteiger partial charge in [0.25, 0.3) is 0 Å². The van der Waals surface area contributed by atoms with Gasteiger partial charge in [0.15, 0.2) is 5.76 Å². The summed E-state index contributed by atoms with van der Waals surface area (Å²) in [5, 5.41) is 8.80. The van der Waals surface area contributed by atoms with Crippen LogP contribution in [0.3, 0.4) is 0 Å². The fourth-order valence-electron chi connectivity index (χ4n) is 0.301.